The summed E-state index contributed by atoms with van der Waals surface area (Å²) < 4.78 is 10.5. The molecule has 4 heteroatoms. The maximum Gasteiger partial charge on any atom is 0.309 e. The number of carbonyl (C=O) groups excluding carboxylic acids is 2. The van der Waals surface area contributed by atoms with Crippen molar-refractivity contribution >= 4 is 11.9 Å². The Morgan fingerprint density at radius 3 is 1.41 bits per heavy atom. The van der Waals surface area contributed by atoms with Gasteiger partial charge in [0, 0.05) is 0 Å². The van der Waals surface area contributed by atoms with Gasteiger partial charge in [0.05, 0.1) is 11.8 Å². The molecule has 4 saturated carbocycles. The van der Waals surface area contributed by atoms with Crippen LogP contribution in [-0.4, -0.2) is 25.2 Å². The van der Waals surface area contributed by atoms with E-state index >= 15 is 0 Å². The molecule has 4 fully saturated rings. The predicted octanol–water partition coefficient (Wildman–Crippen LogP) is 2.72. The molecule has 4 atom stereocenters. The van der Waals surface area contributed by atoms with Crippen LogP contribution < -0.4 is 0 Å². The molecule has 0 saturated heterocycles. The van der Waals surface area contributed by atoms with Gasteiger partial charge in [-0.05, 0) is 74.3 Å². The third-order valence-electron chi connectivity index (χ3n) is 5.96. The van der Waals surface area contributed by atoms with Crippen molar-refractivity contribution in [1.29, 1.82) is 0 Å². The van der Waals surface area contributed by atoms with Crippen molar-refractivity contribution in [3.63, 3.8) is 0 Å². The van der Waals surface area contributed by atoms with E-state index in [2.05, 4.69) is 0 Å². The van der Waals surface area contributed by atoms with Crippen LogP contribution in [0.3, 0.4) is 0 Å². The molecule has 0 radical (unpaired) electrons. The molecule has 0 spiro atoms. The number of rotatable bonds is 6. The summed E-state index contributed by atoms with van der Waals surface area (Å²) in [6, 6.07) is 0. The molecule has 4 aliphatic rings. The Bertz CT molecular complexity index is 433. The maximum atomic E-state index is 11.8. The van der Waals surface area contributed by atoms with E-state index < -0.39 is 0 Å². The molecule has 0 N–H and O–H groups in total. The fraction of sp³-hybridized carbons (Fsp3) is 0.778. The van der Waals surface area contributed by atoms with Gasteiger partial charge in [0.15, 0.2) is 0 Å². The summed E-state index contributed by atoms with van der Waals surface area (Å²) in [6.07, 6.45) is 10.3. The van der Waals surface area contributed by atoms with Crippen molar-refractivity contribution in [1.82, 2.24) is 0 Å². The standard InChI is InChI=1S/C18H24O4/c19-17(15-7-11-5-12(11)8-15)21-3-1-2-4-22-18(20)16-9-13-6-14(13)10-16/h1-2,11-16H,3-10H2/b2-1+. The first-order chi connectivity index (χ1) is 10.7. The van der Waals surface area contributed by atoms with Crippen LogP contribution in [0.4, 0.5) is 0 Å². The summed E-state index contributed by atoms with van der Waals surface area (Å²) in [5.74, 6) is 3.34. The second-order valence-electron chi connectivity index (χ2n) is 7.58. The molecule has 4 rings (SSSR count). The normalized spacial score (nSPS) is 41.1. The van der Waals surface area contributed by atoms with Crippen molar-refractivity contribution < 1.29 is 19.1 Å². The van der Waals surface area contributed by atoms with E-state index in [9.17, 15) is 9.59 Å². The van der Waals surface area contributed by atoms with E-state index in [1.54, 1.807) is 12.2 Å². The first kappa shape index (κ1) is 14.3. The average Bonchev–Trinajstić information content (AvgIpc) is 3.36. The monoisotopic (exact) mass is 304 g/mol. The van der Waals surface area contributed by atoms with Crippen molar-refractivity contribution in [3.8, 4) is 0 Å². The van der Waals surface area contributed by atoms with E-state index in [1.807, 2.05) is 0 Å². The highest BCUT2D eigenvalue weighted by Gasteiger charge is 2.49. The van der Waals surface area contributed by atoms with Gasteiger partial charge in [-0.2, -0.15) is 0 Å². The molecule has 0 aromatic carbocycles. The van der Waals surface area contributed by atoms with Crippen molar-refractivity contribution in [2.45, 2.75) is 38.5 Å². The lowest BCUT2D eigenvalue weighted by Crippen LogP contribution is -2.17. The lowest BCUT2D eigenvalue weighted by Gasteiger charge is -2.10. The number of carbonyl (C=O) groups is 2. The highest BCUT2D eigenvalue weighted by molar-refractivity contribution is 5.73. The highest BCUT2D eigenvalue weighted by atomic mass is 16.5. The lowest BCUT2D eigenvalue weighted by molar-refractivity contribution is -0.148. The fourth-order valence-corrected chi connectivity index (χ4v) is 4.45. The zero-order valence-electron chi connectivity index (χ0n) is 12.9. The molecule has 22 heavy (non-hydrogen) atoms. The molecule has 0 aliphatic heterocycles. The molecular formula is C18H24O4. The summed E-state index contributed by atoms with van der Waals surface area (Å²) in [5.41, 5.74) is 0. The molecular weight excluding hydrogens is 280 g/mol. The van der Waals surface area contributed by atoms with Crippen LogP contribution in [0.2, 0.25) is 0 Å². The topological polar surface area (TPSA) is 52.6 Å². The summed E-state index contributed by atoms with van der Waals surface area (Å²) >= 11 is 0. The van der Waals surface area contributed by atoms with Crippen LogP contribution in [0, 0.1) is 35.5 Å². The van der Waals surface area contributed by atoms with E-state index in [0.29, 0.717) is 0 Å². The Hall–Kier alpha value is -1.32. The third-order valence-corrected chi connectivity index (χ3v) is 5.96. The minimum absolute atomic E-state index is 0.0565. The van der Waals surface area contributed by atoms with E-state index in [4.69, 9.17) is 9.47 Å². The number of esters is 2. The van der Waals surface area contributed by atoms with Crippen LogP contribution in [0.1, 0.15) is 38.5 Å². The van der Waals surface area contributed by atoms with Gasteiger partial charge in [-0.3, -0.25) is 9.59 Å². The van der Waals surface area contributed by atoms with Gasteiger partial charge in [0.25, 0.3) is 0 Å². The fourth-order valence-electron chi connectivity index (χ4n) is 4.45. The smallest absolute Gasteiger partial charge is 0.309 e. The summed E-state index contributed by atoms with van der Waals surface area (Å²) in [6.45, 7) is 0.575. The third kappa shape index (κ3) is 3.06. The zero-order valence-corrected chi connectivity index (χ0v) is 12.9. The van der Waals surface area contributed by atoms with Gasteiger partial charge in [0.1, 0.15) is 13.2 Å². The number of hydrogen-bond acceptors (Lipinski definition) is 4. The van der Waals surface area contributed by atoms with E-state index in [-0.39, 0.29) is 37.0 Å². The molecule has 0 aromatic rings. The first-order valence-electron chi connectivity index (χ1n) is 8.69. The van der Waals surface area contributed by atoms with Crippen molar-refractivity contribution in [3.05, 3.63) is 12.2 Å². The van der Waals surface area contributed by atoms with Crippen molar-refractivity contribution in [2.24, 2.45) is 35.5 Å². The van der Waals surface area contributed by atoms with Gasteiger partial charge in [0.2, 0.25) is 0 Å². The van der Waals surface area contributed by atoms with E-state index in [0.717, 1.165) is 49.4 Å². The minimum Gasteiger partial charge on any atom is -0.461 e. The van der Waals surface area contributed by atoms with Gasteiger partial charge < -0.3 is 9.47 Å². The lowest BCUT2D eigenvalue weighted by atomic mass is 10.0. The largest absolute Gasteiger partial charge is 0.461 e. The molecule has 4 aliphatic carbocycles. The Morgan fingerprint density at radius 2 is 1.05 bits per heavy atom. The second kappa shape index (κ2) is 5.71. The highest BCUT2D eigenvalue weighted by Crippen LogP contribution is 2.55. The number of hydrogen-bond donors (Lipinski definition) is 0. The van der Waals surface area contributed by atoms with Gasteiger partial charge >= 0.3 is 11.9 Å². The molecule has 0 bridgehead atoms. The van der Waals surface area contributed by atoms with Crippen LogP contribution in [-0.2, 0) is 19.1 Å². The van der Waals surface area contributed by atoms with E-state index in [1.165, 1.54) is 12.8 Å². The predicted molar refractivity (Wildman–Crippen MR) is 79.7 cm³/mol. The van der Waals surface area contributed by atoms with Gasteiger partial charge in [-0.1, -0.05) is 0 Å². The van der Waals surface area contributed by atoms with Crippen molar-refractivity contribution in [2.75, 3.05) is 13.2 Å². The Balaban J connectivity index is 1.07. The number of ether oxygens (including phenoxy) is 2. The molecule has 0 heterocycles. The Labute approximate surface area is 131 Å². The van der Waals surface area contributed by atoms with Crippen LogP contribution in [0.15, 0.2) is 12.2 Å². The summed E-state index contributed by atoms with van der Waals surface area (Å²) in [4.78, 5) is 23.6. The van der Waals surface area contributed by atoms with Crippen LogP contribution in [0.5, 0.6) is 0 Å². The van der Waals surface area contributed by atoms with Gasteiger partial charge in [-0.15, -0.1) is 0 Å². The summed E-state index contributed by atoms with van der Waals surface area (Å²) in [5, 5.41) is 0. The summed E-state index contributed by atoms with van der Waals surface area (Å²) in [7, 11) is 0. The molecule has 120 valence electrons. The Morgan fingerprint density at radius 1 is 0.682 bits per heavy atom. The van der Waals surface area contributed by atoms with Gasteiger partial charge in [-0.25, -0.2) is 0 Å². The average molecular weight is 304 g/mol. The molecule has 4 nitrogen and oxygen atoms in total. The van der Waals surface area contributed by atoms with Crippen LogP contribution in [0.25, 0.3) is 0 Å². The SMILES string of the molecule is O=C(OC/C=C/COC(=O)C1CC2CC2C1)C1CC2CC2C1. The Kier molecular flexibility index (Phi) is 3.71. The molecule has 0 amide bonds. The quantitative estimate of drug-likeness (QED) is 0.559. The van der Waals surface area contributed by atoms with Crippen LogP contribution >= 0.6 is 0 Å². The zero-order chi connectivity index (χ0) is 15.1. The second-order valence-corrected chi connectivity index (χ2v) is 7.58. The molecule has 4 unspecified atom stereocenters. The maximum absolute atomic E-state index is 11.8. The molecule has 0 aromatic heterocycles. The number of fused-ring (bicyclic) bond motifs is 2. The minimum atomic E-state index is -0.0565. The first-order valence-corrected chi connectivity index (χ1v) is 8.69.